The van der Waals surface area contributed by atoms with Crippen molar-refractivity contribution in [2.24, 2.45) is 5.73 Å². The molecule has 1 unspecified atom stereocenters. The Labute approximate surface area is 82.8 Å². The molecule has 1 amide bonds. The topological polar surface area (TPSA) is 55.6 Å². The summed E-state index contributed by atoms with van der Waals surface area (Å²) in [5, 5.41) is 0. The molecular formula is C8H16N2O2S. The van der Waals surface area contributed by atoms with Gasteiger partial charge in [-0.3, -0.25) is 4.79 Å². The number of nitrogens with two attached hydrogens (primary N) is 1. The summed E-state index contributed by atoms with van der Waals surface area (Å²) in [7, 11) is 1.52. The first-order valence-corrected chi connectivity index (χ1v) is 5.54. The van der Waals surface area contributed by atoms with Gasteiger partial charge in [-0.05, 0) is 0 Å². The Bertz CT molecular complexity index is 168. The first-order valence-electron chi connectivity index (χ1n) is 4.39. The maximum atomic E-state index is 11.7. The number of carbonyl (C=O) groups excluding carboxylic acids is 1. The summed E-state index contributed by atoms with van der Waals surface area (Å²) in [4.78, 5) is 13.5. The molecule has 1 heterocycles. The van der Waals surface area contributed by atoms with Crippen LogP contribution in [0.2, 0.25) is 0 Å². The number of methoxy groups -OCH3 is 1. The van der Waals surface area contributed by atoms with E-state index in [-0.39, 0.29) is 12.5 Å². The third-order valence-electron chi connectivity index (χ3n) is 2.10. The molecule has 1 saturated heterocycles. The fraction of sp³-hybridized carbons (Fsp3) is 0.875. The quantitative estimate of drug-likeness (QED) is 0.675. The summed E-state index contributed by atoms with van der Waals surface area (Å²) < 4.78 is 4.99. The van der Waals surface area contributed by atoms with Crippen molar-refractivity contribution < 1.29 is 9.53 Å². The van der Waals surface area contributed by atoms with E-state index in [1.165, 1.54) is 7.11 Å². The largest absolute Gasteiger partial charge is 0.370 e. The van der Waals surface area contributed by atoms with Gasteiger partial charge in [0.05, 0.1) is 0 Å². The number of hydrogen-bond acceptors (Lipinski definition) is 4. The van der Waals surface area contributed by atoms with E-state index >= 15 is 0 Å². The Hall–Kier alpha value is -0.260. The van der Waals surface area contributed by atoms with Crippen LogP contribution in [0.15, 0.2) is 0 Å². The van der Waals surface area contributed by atoms with Gasteiger partial charge < -0.3 is 15.4 Å². The highest BCUT2D eigenvalue weighted by molar-refractivity contribution is 7.99. The Kier molecular flexibility index (Phi) is 4.55. The zero-order valence-corrected chi connectivity index (χ0v) is 8.68. The first kappa shape index (κ1) is 10.8. The lowest BCUT2D eigenvalue weighted by molar-refractivity contribution is -0.140. The van der Waals surface area contributed by atoms with E-state index in [0.717, 1.165) is 24.6 Å². The van der Waals surface area contributed by atoms with Crippen molar-refractivity contribution in [3.05, 3.63) is 0 Å². The maximum absolute atomic E-state index is 11.7. The molecule has 76 valence electrons. The molecule has 5 heteroatoms. The van der Waals surface area contributed by atoms with Gasteiger partial charge in [0, 0.05) is 38.2 Å². The molecule has 1 rings (SSSR count). The average molecular weight is 204 g/mol. The first-order chi connectivity index (χ1) is 6.29. The third-order valence-corrected chi connectivity index (χ3v) is 3.04. The smallest absolute Gasteiger partial charge is 0.253 e. The molecule has 0 aromatic heterocycles. The van der Waals surface area contributed by atoms with Crippen LogP contribution >= 0.6 is 11.8 Å². The summed E-state index contributed by atoms with van der Waals surface area (Å²) in [5.41, 5.74) is 5.41. The normalized spacial score (nSPS) is 20.0. The zero-order chi connectivity index (χ0) is 9.68. The van der Waals surface area contributed by atoms with Crippen LogP contribution in [0.1, 0.15) is 0 Å². The second kappa shape index (κ2) is 5.47. The molecular weight excluding hydrogens is 188 g/mol. The van der Waals surface area contributed by atoms with Crippen molar-refractivity contribution in [1.82, 2.24) is 4.90 Å². The molecule has 2 N–H and O–H groups in total. The molecule has 0 saturated carbocycles. The van der Waals surface area contributed by atoms with E-state index in [9.17, 15) is 4.79 Å². The van der Waals surface area contributed by atoms with Crippen LogP contribution < -0.4 is 5.73 Å². The number of hydrogen-bond donors (Lipinski definition) is 1. The van der Waals surface area contributed by atoms with Gasteiger partial charge >= 0.3 is 0 Å². The predicted octanol–water partition coefficient (Wildman–Crippen LogP) is -0.464. The number of ether oxygens (including phenoxy) is 1. The van der Waals surface area contributed by atoms with Crippen LogP contribution in [0, 0.1) is 0 Å². The van der Waals surface area contributed by atoms with Crippen molar-refractivity contribution in [3.63, 3.8) is 0 Å². The highest BCUT2D eigenvalue weighted by Gasteiger charge is 2.23. The lowest BCUT2D eigenvalue weighted by Gasteiger charge is -2.29. The van der Waals surface area contributed by atoms with Gasteiger partial charge in [0.1, 0.15) is 6.10 Å². The molecule has 0 aliphatic carbocycles. The van der Waals surface area contributed by atoms with Crippen LogP contribution in [0.5, 0.6) is 0 Å². The van der Waals surface area contributed by atoms with Crippen molar-refractivity contribution in [1.29, 1.82) is 0 Å². The van der Waals surface area contributed by atoms with Crippen molar-refractivity contribution >= 4 is 17.7 Å². The minimum Gasteiger partial charge on any atom is -0.370 e. The Morgan fingerprint density at radius 1 is 1.62 bits per heavy atom. The predicted molar refractivity (Wildman–Crippen MR) is 53.8 cm³/mol. The average Bonchev–Trinajstić information content (AvgIpc) is 2.21. The van der Waals surface area contributed by atoms with Crippen LogP contribution in [0.25, 0.3) is 0 Å². The minimum absolute atomic E-state index is 0.0327. The lowest BCUT2D eigenvalue weighted by Crippen LogP contribution is -2.46. The third kappa shape index (κ3) is 2.86. The summed E-state index contributed by atoms with van der Waals surface area (Å²) in [6.45, 7) is 1.91. The molecule has 4 nitrogen and oxygen atoms in total. The molecule has 0 bridgehead atoms. The molecule has 0 aromatic rings. The minimum atomic E-state index is -0.455. The SMILES string of the molecule is COC(CN)C(=O)N1CCSCC1. The van der Waals surface area contributed by atoms with Crippen LogP contribution in [0.4, 0.5) is 0 Å². The number of nitrogens with zero attached hydrogens (tertiary/aromatic N) is 1. The van der Waals surface area contributed by atoms with E-state index in [0.29, 0.717) is 0 Å². The van der Waals surface area contributed by atoms with Crippen molar-refractivity contribution in [2.45, 2.75) is 6.10 Å². The highest BCUT2D eigenvalue weighted by atomic mass is 32.2. The number of thioether (sulfide) groups is 1. The van der Waals surface area contributed by atoms with Crippen LogP contribution in [0.3, 0.4) is 0 Å². The van der Waals surface area contributed by atoms with Gasteiger partial charge in [0.15, 0.2) is 0 Å². The van der Waals surface area contributed by atoms with Crippen LogP contribution in [-0.4, -0.2) is 55.2 Å². The van der Waals surface area contributed by atoms with Crippen LogP contribution in [-0.2, 0) is 9.53 Å². The van der Waals surface area contributed by atoms with Crippen molar-refractivity contribution in [2.75, 3.05) is 38.2 Å². The summed E-state index contributed by atoms with van der Waals surface area (Å²) >= 11 is 1.88. The Balaban J connectivity index is 2.44. The van der Waals surface area contributed by atoms with E-state index in [1.54, 1.807) is 0 Å². The van der Waals surface area contributed by atoms with Gasteiger partial charge in [0.25, 0.3) is 5.91 Å². The van der Waals surface area contributed by atoms with Crippen molar-refractivity contribution in [3.8, 4) is 0 Å². The second-order valence-corrected chi connectivity index (χ2v) is 4.12. The van der Waals surface area contributed by atoms with Gasteiger partial charge in [-0.2, -0.15) is 11.8 Å². The molecule has 0 aromatic carbocycles. The maximum Gasteiger partial charge on any atom is 0.253 e. The summed E-state index contributed by atoms with van der Waals surface area (Å²) in [6, 6.07) is 0. The van der Waals surface area contributed by atoms with Gasteiger partial charge in [0.2, 0.25) is 0 Å². The molecule has 13 heavy (non-hydrogen) atoms. The Morgan fingerprint density at radius 2 is 2.23 bits per heavy atom. The summed E-state index contributed by atoms with van der Waals surface area (Å²) in [6.07, 6.45) is -0.455. The number of rotatable bonds is 3. The lowest BCUT2D eigenvalue weighted by atomic mass is 10.3. The second-order valence-electron chi connectivity index (χ2n) is 2.90. The molecule has 1 aliphatic rings. The molecule has 1 atom stereocenters. The molecule has 1 aliphatic heterocycles. The van der Waals surface area contributed by atoms with E-state index in [2.05, 4.69) is 0 Å². The van der Waals surface area contributed by atoms with E-state index in [4.69, 9.17) is 10.5 Å². The molecule has 0 radical (unpaired) electrons. The van der Waals surface area contributed by atoms with E-state index < -0.39 is 6.10 Å². The molecule has 0 spiro atoms. The Morgan fingerprint density at radius 3 is 2.69 bits per heavy atom. The number of carbonyl (C=O) groups is 1. The van der Waals surface area contributed by atoms with E-state index in [1.807, 2.05) is 16.7 Å². The number of amides is 1. The van der Waals surface area contributed by atoms with Gasteiger partial charge in [-0.15, -0.1) is 0 Å². The fourth-order valence-electron chi connectivity index (χ4n) is 1.29. The van der Waals surface area contributed by atoms with Gasteiger partial charge in [-0.1, -0.05) is 0 Å². The van der Waals surface area contributed by atoms with Gasteiger partial charge in [-0.25, -0.2) is 0 Å². The highest BCUT2D eigenvalue weighted by Crippen LogP contribution is 2.10. The fourth-order valence-corrected chi connectivity index (χ4v) is 2.19. The molecule has 1 fully saturated rings. The standard InChI is InChI=1S/C8H16N2O2S/c1-12-7(6-9)8(11)10-2-4-13-5-3-10/h7H,2-6,9H2,1H3. The monoisotopic (exact) mass is 204 g/mol. The summed E-state index contributed by atoms with van der Waals surface area (Å²) in [5.74, 6) is 2.07. The zero-order valence-electron chi connectivity index (χ0n) is 7.86.